The normalized spacial score (nSPS) is 19.4. The summed E-state index contributed by atoms with van der Waals surface area (Å²) in [5, 5.41) is 8.59. The topological polar surface area (TPSA) is 60.0 Å². The molecule has 4 rings (SSSR count). The van der Waals surface area contributed by atoms with Gasteiger partial charge in [-0.25, -0.2) is 0 Å². The zero-order valence-electron chi connectivity index (χ0n) is 14.7. The average molecular weight is 337 g/mol. The minimum absolute atomic E-state index is 0.106. The second-order valence-corrected chi connectivity index (χ2v) is 6.77. The molecule has 3 aromatic rings. The summed E-state index contributed by atoms with van der Waals surface area (Å²) in [6.07, 6.45) is 6.37. The first-order valence-corrected chi connectivity index (χ1v) is 8.84. The number of aromatic nitrogens is 4. The molecule has 0 radical (unpaired) electrons. The van der Waals surface area contributed by atoms with Gasteiger partial charge in [-0.3, -0.25) is 9.58 Å². The van der Waals surface area contributed by atoms with Crippen LogP contribution in [0.3, 0.4) is 0 Å². The Balaban J connectivity index is 1.50. The molecule has 0 bridgehead atoms. The zero-order valence-corrected chi connectivity index (χ0v) is 14.7. The summed E-state index contributed by atoms with van der Waals surface area (Å²) in [6.45, 7) is 6.17. The molecule has 1 aliphatic rings. The van der Waals surface area contributed by atoms with Crippen LogP contribution in [0.25, 0.3) is 11.4 Å². The summed E-state index contributed by atoms with van der Waals surface area (Å²) in [6, 6.07) is 10.5. The van der Waals surface area contributed by atoms with Gasteiger partial charge in [-0.1, -0.05) is 35.5 Å². The first kappa shape index (κ1) is 16.0. The number of benzene rings is 1. The van der Waals surface area contributed by atoms with Crippen LogP contribution in [0.2, 0.25) is 0 Å². The molecule has 1 fully saturated rings. The third kappa shape index (κ3) is 3.35. The molecule has 1 saturated heterocycles. The number of hydrogen-bond donors (Lipinski definition) is 0. The Kier molecular flexibility index (Phi) is 4.36. The van der Waals surface area contributed by atoms with E-state index in [1.807, 2.05) is 41.2 Å². The van der Waals surface area contributed by atoms with Gasteiger partial charge in [-0.05, 0) is 38.8 Å². The van der Waals surface area contributed by atoms with E-state index in [9.17, 15) is 0 Å². The van der Waals surface area contributed by atoms with E-state index in [0.717, 1.165) is 18.7 Å². The zero-order chi connectivity index (χ0) is 17.2. The molecule has 130 valence electrons. The van der Waals surface area contributed by atoms with Crippen LogP contribution in [0.4, 0.5) is 0 Å². The second kappa shape index (κ2) is 6.80. The van der Waals surface area contributed by atoms with E-state index in [1.165, 1.54) is 18.4 Å². The van der Waals surface area contributed by atoms with Gasteiger partial charge in [-0.15, -0.1) is 0 Å². The van der Waals surface area contributed by atoms with Crippen LogP contribution in [0.15, 0.2) is 47.2 Å². The lowest BCUT2D eigenvalue weighted by Gasteiger charge is -2.28. The number of aryl methyl sites for hydroxylation is 1. The first-order chi connectivity index (χ1) is 12.2. The molecule has 2 aromatic heterocycles. The summed E-state index contributed by atoms with van der Waals surface area (Å²) in [4.78, 5) is 7.09. The maximum atomic E-state index is 5.57. The Morgan fingerprint density at radius 2 is 2.12 bits per heavy atom. The van der Waals surface area contributed by atoms with Crippen molar-refractivity contribution in [3.05, 3.63) is 54.2 Å². The highest BCUT2D eigenvalue weighted by atomic mass is 16.5. The lowest BCUT2D eigenvalue weighted by atomic mass is 10.2. The summed E-state index contributed by atoms with van der Waals surface area (Å²) in [5.74, 6) is 1.34. The molecule has 3 heterocycles. The van der Waals surface area contributed by atoms with Gasteiger partial charge in [0.25, 0.3) is 0 Å². The molecule has 0 aliphatic carbocycles. The second-order valence-electron chi connectivity index (χ2n) is 6.77. The lowest BCUT2D eigenvalue weighted by Crippen LogP contribution is -2.35. The Labute approximate surface area is 147 Å². The summed E-state index contributed by atoms with van der Waals surface area (Å²) >= 11 is 0. The predicted molar refractivity (Wildman–Crippen MR) is 94.8 cm³/mol. The van der Waals surface area contributed by atoms with E-state index in [1.54, 1.807) is 0 Å². The quantitative estimate of drug-likeness (QED) is 0.713. The summed E-state index contributed by atoms with van der Waals surface area (Å²) in [7, 11) is 0. The Hall–Kier alpha value is -2.47. The lowest BCUT2D eigenvalue weighted by molar-refractivity contribution is 0.144. The molecule has 0 saturated carbocycles. The fourth-order valence-electron chi connectivity index (χ4n) is 3.60. The van der Waals surface area contributed by atoms with E-state index in [4.69, 9.17) is 4.52 Å². The van der Waals surface area contributed by atoms with E-state index < -0.39 is 0 Å². The van der Waals surface area contributed by atoms with Gasteiger partial charge in [0, 0.05) is 17.8 Å². The Bertz CT molecular complexity index is 825. The monoisotopic (exact) mass is 337 g/mol. The van der Waals surface area contributed by atoms with Crippen molar-refractivity contribution in [2.45, 2.75) is 45.3 Å². The van der Waals surface area contributed by atoms with Crippen molar-refractivity contribution in [2.75, 3.05) is 6.54 Å². The van der Waals surface area contributed by atoms with Gasteiger partial charge >= 0.3 is 0 Å². The summed E-state index contributed by atoms with van der Waals surface area (Å²) < 4.78 is 7.61. The van der Waals surface area contributed by atoms with Gasteiger partial charge in [0.2, 0.25) is 11.7 Å². The minimum atomic E-state index is 0.106. The number of hydrogen-bond acceptors (Lipinski definition) is 5. The van der Waals surface area contributed by atoms with Crippen LogP contribution in [0.1, 0.15) is 37.3 Å². The van der Waals surface area contributed by atoms with Crippen LogP contribution in [0, 0.1) is 6.92 Å². The highest BCUT2D eigenvalue weighted by Gasteiger charge is 2.32. The van der Waals surface area contributed by atoms with Crippen molar-refractivity contribution in [3.63, 3.8) is 0 Å². The van der Waals surface area contributed by atoms with E-state index in [0.29, 0.717) is 17.8 Å². The summed E-state index contributed by atoms with van der Waals surface area (Å²) in [5.41, 5.74) is 2.18. The molecule has 0 N–H and O–H groups in total. The van der Waals surface area contributed by atoms with Crippen LogP contribution in [0.5, 0.6) is 0 Å². The molecular formula is C19H23N5O. The van der Waals surface area contributed by atoms with Gasteiger partial charge in [-0.2, -0.15) is 10.1 Å². The Morgan fingerprint density at radius 3 is 2.88 bits per heavy atom. The van der Waals surface area contributed by atoms with Crippen molar-refractivity contribution in [1.82, 2.24) is 24.8 Å². The van der Waals surface area contributed by atoms with Crippen LogP contribution >= 0.6 is 0 Å². The van der Waals surface area contributed by atoms with Gasteiger partial charge in [0.1, 0.15) is 0 Å². The van der Waals surface area contributed by atoms with Gasteiger partial charge in [0.05, 0.1) is 18.8 Å². The van der Waals surface area contributed by atoms with Crippen molar-refractivity contribution < 1.29 is 4.52 Å². The van der Waals surface area contributed by atoms with Crippen LogP contribution in [-0.4, -0.2) is 37.4 Å². The number of likely N-dealkylation sites (tertiary alicyclic amines) is 1. The van der Waals surface area contributed by atoms with Crippen molar-refractivity contribution in [2.24, 2.45) is 0 Å². The van der Waals surface area contributed by atoms with E-state index in [-0.39, 0.29) is 6.04 Å². The van der Waals surface area contributed by atoms with Crippen molar-refractivity contribution >= 4 is 0 Å². The highest BCUT2D eigenvalue weighted by Crippen LogP contribution is 2.30. The molecule has 1 aliphatic heterocycles. The van der Waals surface area contributed by atoms with Crippen LogP contribution < -0.4 is 0 Å². The molecule has 6 heteroatoms. The SMILES string of the molecule is Cc1cnn(C[C@H]2CCCN2[C@@H](C)c2nc(-c3ccccc3)no2)c1. The van der Waals surface area contributed by atoms with E-state index >= 15 is 0 Å². The van der Waals surface area contributed by atoms with Crippen molar-refractivity contribution in [1.29, 1.82) is 0 Å². The van der Waals surface area contributed by atoms with Crippen LogP contribution in [-0.2, 0) is 6.54 Å². The predicted octanol–water partition coefficient (Wildman–Crippen LogP) is 3.47. The molecule has 0 spiro atoms. The fourth-order valence-corrected chi connectivity index (χ4v) is 3.60. The molecule has 0 amide bonds. The minimum Gasteiger partial charge on any atom is -0.337 e. The van der Waals surface area contributed by atoms with E-state index in [2.05, 4.69) is 40.2 Å². The first-order valence-electron chi connectivity index (χ1n) is 8.84. The fraction of sp³-hybridized carbons (Fsp3) is 0.421. The third-order valence-corrected chi connectivity index (χ3v) is 4.91. The molecular weight excluding hydrogens is 314 g/mol. The number of rotatable bonds is 5. The van der Waals surface area contributed by atoms with Crippen molar-refractivity contribution in [3.8, 4) is 11.4 Å². The maximum absolute atomic E-state index is 5.57. The smallest absolute Gasteiger partial charge is 0.244 e. The largest absolute Gasteiger partial charge is 0.337 e. The molecule has 6 nitrogen and oxygen atoms in total. The number of nitrogens with zero attached hydrogens (tertiary/aromatic N) is 5. The molecule has 25 heavy (non-hydrogen) atoms. The molecule has 0 unspecified atom stereocenters. The van der Waals surface area contributed by atoms with Gasteiger partial charge in [0.15, 0.2) is 0 Å². The third-order valence-electron chi connectivity index (χ3n) is 4.91. The maximum Gasteiger partial charge on any atom is 0.244 e. The highest BCUT2D eigenvalue weighted by molar-refractivity contribution is 5.53. The molecule has 1 aromatic carbocycles. The standard InChI is InChI=1S/C19H23N5O/c1-14-11-20-23(12-14)13-17-9-6-10-24(17)15(2)19-21-18(22-25-19)16-7-4-3-5-8-16/h3-5,7-8,11-12,15,17H,6,9-10,13H2,1-2H3/t15-,17+/m0/s1. The Morgan fingerprint density at radius 1 is 1.28 bits per heavy atom. The molecule has 2 atom stereocenters. The average Bonchev–Trinajstić information content (AvgIpc) is 3.37. The van der Waals surface area contributed by atoms with Gasteiger partial charge < -0.3 is 4.52 Å².